The summed E-state index contributed by atoms with van der Waals surface area (Å²) in [4.78, 5) is 18.7. The number of amides is 1. The molecule has 6 nitrogen and oxygen atoms in total. The highest BCUT2D eigenvalue weighted by molar-refractivity contribution is 14.0. The zero-order valence-electron chi connectivity index (χ0n) is 19.9. The summed E-state index contributed by atoms with van der Waals surface area (Å²) in [7, 11) is 1.78. The predicted octanol–water partition coefficient (Wildman–Crippen LogP) is 3.89. The second-order valence-electron chi connectivity index (χ2n) is 8.59. The van der Waals surface area contributed by atoms with Gasteiger partial charge in [0.05, 0.1) is 6.10 Å². The number of nitrogens with one attached hydrogen (secondary N) is 2. The van der Waals surface area contributed by atoms with E-state index in [0.29, 0.717) is 12.3 Å². The van der Waals surface area contributed by atoms with Gasteiger partial charge >= 0.3 is 0 Å². The monoisotopic (exact) mass is 564 g/mol. The van der Waals surface area contributed by atoms with Crippen LogP contribution in [0.4, 0.5) is 0 Å². The largest absolute Gasteiger partial charge is 0.491 e. The molecule has 1 amide bonds. The summed E-state index contributed by atoms with van der Waals surface area (Å²) < 4.78 is 5.69. The zero-order chi connectivity index (χ0) is 22.8. The smallest absolute Gasteiger partial charge is 0.223 e. The zero-order valence-corrected chi connectivity index (χ0v) is 22.3. The Morgan fingerprint density at radius 3 is 2.42 bits per heavy atom. The fourth-order valence-electron chi connectivity index (χ4n) is 3.91. The van der Waals surface area contributed by atoms with Crippen molar-refractivity contribution in [2.45, 2.75) is 39.2 Å². The van der Waals surface area contributed by atoms with Crippen LogP contribution in [-0.2, 0) is 17.6 Å². The SMILES string of the molecule is CN=C(NCCc1ccc(OC(C)C)cc1)NCC1CC(=O)N(CCc2ccccc2)C1.I. The molecule has 1 aliphatic heterocycles. The van der Waals surface area contributed by atoms with Gasteiger partial charge in [0.2, 0.25) is 5.91 Å². The summed E-state index contributed by atoms with van der Waals surface area (Å²) in [6.45, 7) is 7.18. The van der Waals surface area contributed by atoms with Crippen LogP contribution in [0.1, 0.15) is 31.4 Å². The van der Waals surface area contributed by atoms with Crippen molar-refractivity contribution in [3.05, 3.63) is 65.7 Å². The highest BCUT2D eigenvalue weighted by Crippen LogP contribution is 2.18. The molecule has 1 aliphatic rings. The van der Waals surface area contributed by atoms with Crippen molar-refractivity contribution >= 4 is 35.8 Å². The third-order valence-corrected chi connectivity index (χ3v) is 5.59. The van der Waals surface area contributed by atoms with E-state index in [0.717, 1.165) is 50.7 Å². The molecule has 2 aromatic carbocycles. The first kappa shape index (κ1) is 27.0. The van der Waals surface area contributed by atoms with Gasteiger partial charge in [-0.2, -0.15) is 0 Å². The summed E-state index contributed by atoms with van der Waals surface area (Å²) in [5, 5.41) is 6.75. The maximum absolute atomic E-state index is 12.4. The molecule has 7 heteroatoms. The molecule has 2 aromatic rings. The minimum absolute atomic E-state index is 0. The lowest BCUT2D eigenvalue weighted by Gasteiger charge is -2.18. The summed E-state index contributed by atoms with van der Waals surface area (Å²) in [5.41, 5.74) is 2.52. The maximum Gasteiger partial charge on any atom is 0.223 e. The molecule has 0 radical (unpaired) electrons. The van der Waals surface area contributed by atoms with Gasteiger partial charge in [0.15, 0.2) is 5.96 Å². The van der Waals surface area contributed by atoms with Crippen molar-refractivity contribution in [3.63, 3.8) is 0 Å². The van der Waals surface area contributed by atoms with E-state index in [9.17, 15) is 4.79 Å². The number of ether oxygens (including phenoxy) is 1. The topological polar surface area (TPSA) is 66.0 Å². The van der Waals surface area contributed by atoms with Gasteiger partial charge in [-0.15, -0.1) is 24.0 Å². The number of rotatable bonds is 10. The fourth-order valence-corrected chi connectivity index (χ4v) is 3.91. The molecule has 1 atom stereocenters. The summed E-state index contributed by atoms with van der Waals surface area (Å²) in [6, 6.07) is 18.6. The van der Waals surface area contributed by atoms with E-state index in [1.165, 1.54) is 11.1 Å². The standard InChI is InChI=1S/C26H36N4O2.HI/c1-20(2)32-24-11-9-22(10-12-24)13-15-28-26(27-3)29-18-23-17-25(31)30(19-23)16-14-21-7-5-4-6-8-21;/h4-12,20,23H,13-19H2,1-3H3,(H2,27,28,29);1H. The number of halogens is 1. The number of carbonyl (C=O) groups is 1. The Labute approximate surface area is 215 Å². The molecule has 0 spiro atoms. The predicted molar refractivity (Wildman–Crippen MR) is 146 cm³/mol. The second-order valence-corrected chi connectivity index (χ2v) is 8.59. The van der Waals surface area contributed by atoms with Gasteiger partial charge < -0.3 is 20.3 Å². The van der Waals surface area contributed by atoms with Crippen LogP contribution in [0.15, 0.2) is 59.6 Å². The molecule has 0 bridgehead atoms. The van der Waals surface area contributed by atoms with Crippen LogP contribution in [0.2, 0.25) is 0 Å². The van der Waals surface area contributed by atoms with Crippen LogP contribution >= 0.6 is 24.0 Å². The minimum atomic E-state index is 0. The van der Waals surface area contributed by atoms with E-state index in [1.807, 2.05) is 49.1 Å². The lowest BCUT2D eigenvalue weighted by atomic mass is 10.1. The Bertz CT molecular complexity index is 872. The number of benzene rings is 2. The van der Waals surface area contributed by atoms with Gasteiger partial charge in [0.25, 0.3) is 0 Å². The molecule has 180 valence electrons. The third kappa shape index (κ3) is 9.23. The fraction of sp³-hybridized carbons (Fsp3) is 0.462. The molecule has 0 aliphatic carbocycles. The number of aliphatic imine (C=N–C) groups is 1. The minimum Gasteiger partial charge on any atom is -0.491 e. The van der Waals surface area contributed by atoms with Gasteiger partial charge in [0, 0.05) is 45.6 Å². The average molecular weight is 565 g/mol. The van der Waals surface area contributed by atoms with Crippen molar-refractivity contribution in [1.82, 2.24) is 15.5 Å². The van der Waals surface area contributed by atoms with Crippen LogP contribution in [-0.4, -0.2) is 56.1 Å². The van der Waals surface area contributed by atoms with E-state index in [4.69, 9.17) is 4.74 Å². The highest BCUT2D eigenvalue weighted by atomic mass is 127. The normalized spacial score (nSPS) is 16.0. The molecule has 1 fully saturated rings. The van der Waals surface area contributed by atoms with Crippen LogP contribution in [0.5, 0.6) is 5.75 Å². The van der Waals surface area contributed by atoms with Crippen molar-refractivity contribution in [2.24, 2.45) is 10.9 Å². The van der Waals surface area contributed by atoms with E-state index in [2.05, 4.69) is 39.9 Å². The number of nitrogens with zero attached hydrogens (tertiary/aromatic N) is 2. The van der Waals surface area contributed by atoms with Crippen LogP contribution in [0, 0.1) is 5.92 Å². The Hall–Kier alpha value is -2.29. The molecule has 1 unspecified atom stereocenters. The van der Waals surface area contributed by atoms with Gasteiger partial charge in [-0.05, 0) is 49.9 Å². The second kappa shape index (κ2) is 14.1. The van der Waals surface area contributed by atoms with Gasteiger partial charge in [-0.3, -0.25) is 9.79 Å². The number of hydrogen-bond donors (Lipinski definition) is 2. The number of likely N-dealkylation sites (tertiary alicyclic amines) is 1. The molecule has 0 saturated carbocycles. The van der Waals surface area contributed by atoms with Crippen molar-refractivity contribution < 1.29 is 9.53 Å². The third-order valence-electron chi connectivity index (χ3n) is 5.59. The molecule has 0 aromatic heterocycles. The number of guanidine groups is 1. The Kier molecular flexibility index (Phi) is 11.5. The van der Waals surface area contributed by atoms with E-state index < -0.39 is 0 Å². The Morgan fingerprint density at radius 2 is 1.76 bits per heavy atom. The van der Waals surface area contributed by atoms with Crippen LogP contribution < -0.4 is 15.4 Å². The molecule has 2 N–H and O–H groups in total. The van der Waals surface area contributed by atoms with Gasteiger partial charge in [0.1, 0.15) is 5.75 Å². The van der Waals surface area contributed by atoms with Crippen molar-refractivity contribution in [3.8, 4) is 5.75 Å². The summed E-state index contributed by atoms with van der Waals surface area (Å²) in [6.07, 6.45) is 2.59. The number of carbonyl (C=O) groups excluding carboxylic acids is 1. The van der Waals surface area contributed by atoms with Crippen molar-refractivity contribution in [1.29, 1.82) is 0 Å². The quantitative estimate of drug-likeness (QED) is 0.261. The maximum atomic E-state index is 12.4. The van der Waals surface area contributed by atoms with E-state index in [1.54, 1.807) is 7.05 Å². The first-order valence-corrected chi connectivity index (χ1v) is 11.6. The Morgan fingerprint density at radius 1 is 1.06 bits per heavy atom. The van der Waals surface area contributed by atoms with E-state index >= 15 is 0 Å². The Balaban J connectivity index is 0.00000385. The van der Waals surface area contributed by atoms with Crippen LogP contribution in [0.25, 0.3) is 0 Å². The van der Waals surface area contributed by atoms with Gasteiger partial charge in [-0.25, -0.2) is 0 Å². The first-order valence-electron chi connectivity index (χ1n) is 11.6. The van der Waals surface area contributed by atoms with Crippen molar-refractivity contribution in [2.75, 3.05) is 33.2 Å². The average Bonchev–Trinajstić information content (AvgIpc) is 3.15. The molecule has 33 heavy (non-hydrogen) atoms. The number of hydrogen-bond acceptors (Lipinski definition) is 3. The molecule has 3 rings (SSSR count). The lowest BCUT2D eigenvalue weighted by Crippen LogP contribution is -2.41. The first-order chi connectivity index (χ1) is 15.5. The van der Waals surface area contributed by atoms with E-state index in [-0.39, 0.29) is 36.0 Å². The molecule has 1 saturated heterocycles. The molecular weight excluding hydrogens is 527 g/mol. The molecular formula is C26H37IN4O2. The highest BCUT2D eigenvalue weighted by Gasteiger charge is 2.29. The molecule has 1 heterocycles. The summed E-state index contributed by atoms with van der Waals surface area (Å²) >= 11 is 0. The van der Waals surface area contributed by atoms with Crippen LogP contribution in [0.3, 0.4) is 0 Å². The summed E-state index contributed by atoms with van der Waals surface area (Å²) in [5.74, 6) is 2.24. The lowest BCUT2D eigenvalue weighted by molar-refractivity contribution is -0.127. The van der Waals surface area contributed by atoms with Gasteiger partial charge in [-0.1, -0.05) is 42.5 Å².